The number of carboxylic acids is 1. The van der Waals surface area contributed by atoms with Crippen LogP contribution in [0.2, 0.25) is 0 Å². The predicted molar refractivity (Wildman–Crippen MR) is 59.9 cm³/mol. The standard InChI is InChI=1S/C11H11N3O4/c15-10(9-2-1-3-18-9)14-8(11(16)17)4-7-5-12-6-13-7/h1-3,5-6,8H,4H2,(H,12,13)(H,14,15)(H,16,17). The zero-order valence-corrected chi connectivity index (χ0v) is 9.29. The maximum Gasteiger partial charge on any atom is 0.326 e. The Morgan fingerprint density at radius 3 is 2.94 bits per heavy atom. The highest BCUT2D eigenvalue weighted by atomic mass is 16.4. The Morgan fingerprint density at radius 2 is 2.39 bits per heavy atom. The first kappa shape index (κ1) is 11.9. The fraction of sp³-hybridized carbons (Fsp3) is 0.182. The van der Waals surface area contributed by atoms with Crippen molar-refractivity contribution in [3.8, 4) is 0 Å². The normalized spacial score (nSPS) is 12.0. The number of rotatable bonds is 5. The molecule has 94 valence electrons. The molecule has 0 saturated carbocycles. The molecule has 7 nitrogen and oxygen atoms in total. The monoisotopic (exact) mass is 249 g/mol. The number of nitrogens with zero attached hydrogens (tertiary/aromatic N) is 1. The van der Waals surface area contributed by atoms with Crippen LogP contribution in [0, 0.1) is 0 Å². The fourth-order valence-corrected chi connectivity index (χ4v) is 1.45. The van der Waals surface area contributed by atoms with Gasteiger partial charge in [-0.05, 0) is 12.1 Å². The summed E-state index contributed by atoms with van der Waals surface area (Å²) in [6, 6.07) is 1.98. The molecule has 1 amide bonds. The van der Waals surface area contributed by atoms with Crippen LogP contribution in [0.15, 0.2) is 35.3 Å². The summed E-state index contributed by atoms with van der Waals surface area (Å²) in [4.78, 5) is 29.3. The number of carbonyl (C=O) groups excluding carboxylic acids is 1. The molecule has 0 bridgehead atoms. The summed E-state index contributed by atoms with van der Waals surface area (Å²) in [5.41, 5.74) is 0.627. The molecule has 0 aromatic carbocycles. The summed E-state index contributed by atoms with van der Waals surface area (Å²) < 4.78 is 4.89. The van der Waals surface area contributed by atoms with Crippen LogP contribution in [0.1, 0.15) is 16.2 Å². The molecule has 2 aromatic rings. The van der Waals surface area contributed by atoms with Gasteiger partial charge in [0.05, 0.1) is 12.6 Å². The van der Waals surface area contributed by atoms with Gasteiger partial charge in [0.15, 0.2) is 5.76 Å². The van der Waals surface area contributed by atoms with Crippen molar-refractivity contribution in [3.05, 3.63) is 42.4 Å². The number of aromatic nitrogens is 2. The van der Waals surface area contributed by atoms with Gasteiger partial charge in [0, 0.05) is 18.3 Å². The maximum absolute atomic E-state index is 11.7. The largest absolute Gasteiger partial charge is 0.480 e. The molecule has 7 heteroatoms. The minimum Gasteiger partial charge on any atom is -0.480 e. The van der Waals surface area contributed by atoms with Gasteiger partial charge in [-0.15, -0.1) is 0 Å². The van der Waals surface area contributed by atoms with Gasteiger partial charge in [0.25, 0.3) is 5.91 Å². The van der Waals surface area contributed by atoms with Gasteiger partial charge in [0.2, 0.25) is 0 Å². The van der Waals surface area contributed by atoms with Crippen LogP contribution in [-0.2, 0) is 11.2 Å². The van der Waals surface area contributed by atoms with E-state index in [1.165, 1.54) is 24.9 Å². The first-order valence-electron chi connectivity index (χ1n) is 5.21. The van der Waals surface area contributed by atoms with Gasteiger partial charge in [-0.3, -0.25) is 4.79 Å². The third kappa shape index (κ3) is 2.76. The third-order valence-electron chi connectivity index (χ3n) is 2.33. The first-order chi connectivity index (χ1) is 8.66. The number of H-pyrrole nitrogens is 1. The number of nitrogens with one attached hydrogen (secondary N) is 2. The summed E-state index contributed by atoms with van der Waals surface area (Å²) in [5.74, 6) is -1.61. The van der Waals surface area contributed by atoms with Gasteiger partial charge in [-0.1, -0.05) is 0 Å². The zero-order chi connectivity index (χ0) is 13.0. The van der Waals surface area contributed by atoms with E-state index in [9.17, 15) is 9.59 Å². The lowest BCUT2D eigenvalue weighted by Gasteiger charge is -2.12. The van der Waals surface area contributed by atoms with E-state index >= 15 is 0 Å². The summed E-state index contributed by atoms with van der Waals surface area (Å²) in [6.45, 7) is 0. The van der Waals surface area contributed by atoms with Crippen molar-refractivity contribution in [2.24, 2.45) is 0 Å². The third-order valence-corrected chi connectivity index (χ3v) is 2.33. The van der Waals surface area contributed by atoms with Crippen molar-refractivity contribution in [1.29, 1.82) is 0 Å². The Labute approximate surface area is 102 Å². The van der Waals surface area contributed by atoms with Gasteiger partial charge in [-0.2, -0.15) is 0 Å². The molecule has 0 aliphatic rings. The second kappa shape index (κ2) is 5.17. The van der Waals surface area contributed by atoms with Crippen molar-refractivity contribution in [2.75, 3.05) is 0 Å². The van der Waals surface area contributed by atoms with Crippen molar-refractivity contribution in [2.45, 2.75) is 12.5 Å². The van der Waals surface area contributed by atoms with E-state index in [0.29, 0.717) is 5.69 Å². The van der Waals surface area contributed by atoms with Crippen molar-refractivity contribution in [3.63, 3.8) is 0 Å². The molecule has 0 saturated heterocycles. The maximum atomic E-state index is 11.7. The minimum absolute atomic E-state index is 0.0749. The molecule has 1 unspecified atom stereocenters. The van der Waals surface area contributed by atoms with Gasteiger partial charge in [0.1, 0.15) is 6.04 Å². The highest BCUT2D eigenvalue weighted by molar-refractivity contribution is 5.94. The van der Waals surface area contributed by atoms with E-state index in [1.54, 1.807) is 6.07 Å². The van der Waals surface area contributed by atoms with Crippen molar-refractivity contribution < 1.29 is 19.1 Å². The molecule has 0 aliphatic heterocycles. The van der Waals surface area contributed by atoms with E-state index in [1.807, 2.05) is 0 Å². The van der Waals surface area contributed by atoms with Crippen LogP contribution < -0.4 is 5.32 Å². The molecular formula is C11H11N3O4. The fourth-order valence-electron chi connectivity index (χ4n) is 1.45. The highest BCUT2D eigenvalue weighted by Crippen LogP contribution is 2.03. The molecular weight excluding hydrogens is 238 g/mol. The lowest BCUT2D eigenvalue weighted by Crippen LogP contribution is -2.42. The molecule has 0 fully saturated rings. The molecule has 0 radical (unpaired) electrons. The average Bonchev–Trinajstić information content (AvgIpc) is 3.00. The number of imidazole rings is 1. The van der Waals surface area contributed by atoms with E-state index in [2.05, 4.69) is 15.3 Å². The first-order valence-corrected chi connectivity index (χ1v) is 5.21. The van der Waals surface area contributed by atoms with Gasteiger partial charge in [-0.25, -0.2) is 9.78 Å². The smallest absolute Gasteiger partial charge is 0.326 e. The molecule has 1 atom stereocenters. The number of amides is 1. The number of aromatic amines is 1. The molecule has 2 rings (SSSR count). The average molecular weight is 249 g/mol. The molecule has 18 heavy (non-hydrogen) atoms. The summed E-state index contributed by atoms with van der Waals surface area (Å²) in [6.07, 6.45) is 4.43. The van der Waals surface area contributed by atoms with Gasteiger partial charge >= 0.3 is 5.97 Å². The predicted octanol–water partition coefficient (Wildman–Crippen LogP) is 0.428. The van der Waals surface area contributed by atoms with Crippen LogP contribution in [0.25, 0.3) is 0 Å². The lowest BCUT2D eigenvalue weighted by molar-refractivity contribution is -0.139. The molecule has 0 aliphatic carbocycles. The molecule has 3 N–H and O–H groups in total. The van der Waals surface area contributed by atoms with Gasteiger partial charge < -0.3 is 19.8 Å². The Balaban J connectivity index is 2.03. The quantitative estimate of drug-likeness (QED) is 0.712. The molecule has 0 spiro atoms. The van der Waals surface area contributed by atoms with E-state index < -0.39 is 17.9 Å². The number of hydrogen-bond donors (Lipinski definition) is 3. The molecule has 2 aromatic heterocycles. The van der Waals surface area contributed by atoms with E-state index in [-0.39, 0.29) is 12.2 Å². The Bertz CT molecular complexity index is 518. The summed E-state index contributed by atoms with van der Waals surface area (Å²) >= 11 is 0. The van der Waals surface area contributed by atoms with Crippen LogP contribution in [0.4, 0.5) is 0 Å². The van der Waals surface area contributed by atoms with E-state index in [0.717, 1.165) is 0 Å². The Kier molecular flexibility index (Phi) is 3.42. The van der Waals surface area contributed by atoms with Crippen LogP contribution in [0.3, 0.4) is 0 Å². The highest BCUT2D eigenvalue weighted by Gasteiger charge is 2.22. The van der Waals surface area contributed by atoms with Crippen molar-refractivity contribution >= 4 is 11.9 Å². The molecule has 2 heterocycles. The Hall–Kier alpha value is -2.57. The number of aliphatic carboxylic acids is 1. The topological polar surface area (TPSA) is 108 Å². The van der Waals surface area contributed by atoms with E-state index in [4.69, 9.17) is 9.52 Å². The number of carboxylic acid groups (broad SMARTS) is 1. The summed E-state index contributed by atoms with van der Waals surface area (Å²) in [7, 11) is 0. The lowest BCUT2D eigenvalue weighted by atomic mass is 10.1. The van der Waals surface area contributed by atoms with Crippen LogP contribution >= 0.6 is 0 Å². The second-order valence-electron chi connectivity index (χ2n) is 3.62. The second-order valence-corrected chi connectivity index (χ2v) is 3.62. The Morgan fingerprint density at radius 1 is 1.56 bits per heavy atom. The SMILES string of the molecule is O=C(NC(Cc1cnc[nH]1)C(=O)O)c1ccco1. The van der Waals surface area contributed by atoms with Crippen LogP contribution in [-0.4, -0.2) is 33.0 Å². The number of furan rings is 1. The minimum atomic E-state index is -1.12. The summed E-state index contributed by atoms with van der Waals surface area (Å²) in [5, 5.41) is 11.4. The van der Waals surface area contributed by atoms with Crippen LogP contribution in [0.5, 0.6) is 0 Å². The number of hydrogen-bond acceptors (Lipinski definition) is 4. The van der Waals surface area contributed by atoms with Crippen molar-refractivity contribution in [1.82, 2.24) is 15.3 Å². The number of carbonyl (C=O) groups is 2. The zero-order valence-electron chi connectivity index (χ0n) is 9.29.